The van der Waals surface area contributed by atoms with E-state index in [0.29, 0.717) is 6.42 Å². The molecule has 4 heteroatoms. The smallest absolute Gasteiger partial charge is 0.163 e. The summed E-state index contributed by atoms with van der Waals surface area (Å²) in [7, 11) is 0. The number of likely N-dealkylation sites (tertiary alicyclic amines) is 1. The molecule has 1 atom stereocenters. The van der Waals surface area contributed by atoms with Crippen LogP contribution >= 0.6 is 0 Å². The molecule has 0 spiro atoms. The highest BCUT2D eigenvalue weighted by molar-refractivity contribution is 5.22. The van der Waals surface area contributed by atoms with Gasteiger partial charge in [0.25, 0.3) is 0 Å². The molecule has 2 nitrogen and oxygen atoms in total. The van der Waals surface area contributed by atoms with Gasteiger partial charge in [-0.15, -0.1) is 0 Å². The summed E-state index contributed by atoms with van der Waals surface area (Å²) >= 11 is 0. The Morgan fingerprint density at radius 1 is 1.11 bits per heavy atom. The fourth-order valence-corrected chi connectivity index (χ4v) is 2.64. The van der Waals surface area contributed by atoms with Gasteiger partial charge in [-0.2, -0.15) is 0 Å². The lowest BCUT2D eigenvalue weighted by molar-refractivity contribution is 0.272. The van der Waals surface area contributed by atoms with Crippen molar-refractivity contribution >= 4 is 0 Å². The molecular formula is C15H22F2N2. The number of nitrogens with two attached hydrogens (primary N) is 1. The Morgan fingerprint density at radius 3 is 2.47 bits per heavy atom. The monoisotopic (exact) mass is 268 g/mol. The van der Waals surface area contributed by atoms with E-state index in [1.54, 1.807) is 6.07 Å². The minimum Gasteiger partial charge on any atom is -0.324 e. The third kappa shape index (κ3) is 3.98. The zero-order chi connectivity index (χ0) is 13.7. The summed E-state index contributed by atoms with van der Waals surface area (Å²) in [6.07, 6.45) is 5.70. The summed E-state index contributed by atoms with van der Waals surface area (Å²) in [6.45, 7) is 3.05. The van der Waals surface area contributed by atoms with E-state index in [2.05, 4.69) is 4.90 Å². The Bertz CT molecular complexity index is 401. The largest absolute Gasteiger partial charge is 0.324 e. The Morgan fingerprint density at radius 2 is 1.79 bits per heavy atom. The standard InChI is InChI=1S/C15H22F2N2/c16-13-7-5-6-12(15(13)17)14(18)8-11-19-9-3-1-2-4-10-19/h5-7,14H,1-4,8-11,18H2. The van der Waals surface area contributed by atoms with E-state index in [1.807, 2.05) is 0 Å². The summed E-state index contributed by atoms with van der Waals surface area (Å²) in [5, 5.41) is 0. The van der Waals surface area contributed by atoms with Gasteiger partial charge in [-0.05, 0) is 45.0 Å². The summed E-state index contributed by atoms with van der Waals surface area (Å²) in [5.41, 5.74) is 6.27. The van der Waals surface area contributed by atoms with Crippen molar-refractivity contribution < 1.29 is 8.78 Å². The van der Waals surface area contributed by atoms with Gasteiger partial charge in [0.05, 0.1) is 0 Å². The van der Waals surface area contributed by atoms with Gasteiger partial charge < -0.3 is 10.6 Å². The first-order chi connectivity index (χ1) is 9.18. The van der Waals surface area contributed by atoms with Crippen molar-refractivity contribution in [1.82, 2.24) is 4.90 Å². The molecule has 0 saturated carbocycles. The van der Waals surface area contributed by atoms with Gasteiger partial charge in [-0.3, -0.25) is 0 Å². The van der Waals surface area contributed by atoms with Crippen LogP contribution in [0.25, 0.3) is 0 Å². The molecule has 1 aliphatic heterocycles. The fourth-order valence-electron chi connectivity index (χ4n) is 2.64. The molecule has 0 amide bonds. The van der Waals surface area contributed by atoms with Crippen LogP contribution in [0.15, 0.2) is 18.2 Å². The molecule has 1 heterocycles. The van der Waals surface area contributed by atoms with E-state index in [1.165, 1.54) is 31.7 Å². The average Bonchev–Trinajstić information content (AvgIpc) is 2.68. The number of halogens is 2. The van der Waals surface area contributed by atoms with Crippen molar-refractivity contribution in [3.8, 4) is 0 Å². The minimum atomic E-state index is -0.817. The maximum atomic E-state index is 13.6. The molecule has 1 fully saturated rings. The van der Waals surface area contributed by atoms with Crippen LogP contribution in [0.2, 0.25) is 0 Å². The van der Waals surface area contributed by atoms with Gasteiger partial charge in [0.15, 0.2) is 11.6 Å². The van der Waals surface area contributed by atoms with E-state index in [9.17, 15) is 8.78 Å². The van der Waals surface area contributed by atoms with Crippen molar-refractivity contribution in [2.45, 2.75) is 38.1 Å². The van der Waals surface area contributed by atoms with E-state index in [0.717, 1.165) is 25.7 Å². The number of hydrogen-bond acceptors (Lipinski definition) is 2. The van der Waals surface area contributed by atoms with Crippen LogP contribution in [0.4, 0.5) is 8.78 Å². The molecule has 1 aromatic carbocycles. The molecule has 0 aliphatic carbocycles. The zero-order valence-corrected chi connectivity index (χ0v) is 11.2. The summed E-state index contributed by atoms with van der Waals surface area (Å²) in [4.78, 5) is 2.38. The van der Waals surface area contributed by atoms with Crippen molar-refractivity contribution in [2.75, 3.05) is 19.6 Å². The van der Waals surface area contributed by atoms with E-state index >= 15 is 0 Å². The molecule has 1 aliphatic rings. The first-order valence-electron chi connectivity index (χ1n) is 7.10. The minimum absolute atomic E-state index is 0.287. The van der Waals surface area contributed by atoms with Crippen molar-refractivity contribution in [3.63, 3.8) is 0 Å². The van der Waals surface area contributed by atoms with Gasteiger partial charge in [0, 0.05) is 11.6 Å². The first-order valence-corrected chi connectivity index (χ1v) is 7.10. The van der Waals surface area contributed by atoms with Crippen LogP contribution in [-0.4, -0.2) is 24.5 Å². The Hall–Kier alpha value is -1.00. The zero-order valence-electron chi connectivity index (χ0n) is 11.2. The summed E-state index contributed by atoms with van der Waals surface area (Å²) in [6, 6.07) is 3.78. The van der Waals surface area contributed by atoms with Crippen molar-refractivity contribution in [1.29, 1.82) is 0 Å². The highest BCUT2D eigenvalue weighted by Gasteiger charge is 2.16. The second-order valence-corrected chi connectivity index (χ2v) is 5.29. The van der Waals surface area contributed by atoms with Gasteiger partial charge in [0.1, 0.15) is 0 Å². The van der Waals surface area contributed by atoms with Crippen molar-refractivity contribution in [2.24, 2.45) is 5.73 Å². The summed E-state index contributed by atoms with van der Waals surface area (Å²) < 4.78 is 26.8. The normalized spacial score (nSPS) is 19.1. The number of hydrogen-bond donors (Lipinski definition) is 1. The van der Waals surface area contributed by atoms with Gasteiger partial charge in [0.2, 0.25) is 0 Å². The first kappa shape index (κ1) is 14.4. The van der Waals surface area contributed by atoms with Crippen LogP contribution in [0.3, 0.4) is 0 Å². The molecule has 1 aromatic rings. The molecule has 0 aromatic heterocycles. The molecule has 1 unspecified atom stereocenters. The van der Waals surface area contributed by atoms with Crippen LogP contribution < -0.4 is 5.73 Å². The lowest BCUT2D eigenvalue weighted by Gasteiger charge is -2.22. The molecule has 19 heavy (non-hydrogen) atoms. The Labute approximate surface area is 113 Å². The predicted octanol–water partition coefficient (Wildman–Crippen LogP) is 3.23. The van der Waals surface area contributed by atoms with Crippen LogP contribution in [0.5, 0.6) is 0 Å². The van der Waals surface area contributed by atoms with Crippen LogP contribution in [0, 0.1) is 11.6 Å². The quantitative estimate of drug-likeness (QED) is 0.908. The van der Waals surface area contributed by atoms with Crippen LogP contribution in [-0.2, 0) is 0 Å². The van der Waals surface area contributed by atoms with Gasteiger partial charge in [-0.1, -0.05) is 25.0 Å². The third-order valence-corrected chi connectivity index (χ3v) is 3.84. The highest BCUT2D eigenvalue weighted by Crippen LogP contribution is 2.21. The second kappa shape index (κ2) is 6.96. The topological polar surface area (TPSA) is 29.3 Å². The Kier molecular flexibility index (Phi) is 5.28. The number of nitrogens with zero attached hydrogens (tertiary/aromatic N) is 1. The van der Waals surface area contributed by atoms with Crippen molar-refractivity contribution in [3.05, 3.63) is 35.4 Å². The fraction of sp³-hybridized carbons (Fsp3) is 0.600. The molecule has 0 radical (unpaired) electrons. The lowest BCUT2D eigenvalue weighted by atomic mass is 10.0. The molecule has 106 valence electrons. The molecule has 1 saturated heterocycles. The van der Waals surface area contributed by atoms with E-state index < -0.39 is 17.7 Å². The maximum absolute atomic E-state index is 13.6. The third-order valence-electron chi connectivity index (χ3n) is 3.84. The Balaban J connectivity index is 1.89. The van der Waals surface area contributed by atoms with Crippen LogP contribution in [0.1, 0.15) is 43.7 Å². The second-order valence-electron chi connectivity index (χ2n) is 5.29. The number of rotatable bonds is 4. The average molecular weight is 268 g/mol. The SMILES string of the molecule is NC(CCN1CCCCCC1)c1cccc(F)c1F. The highest BCUT2D eigenvalue weighted by atomic mass is 19.2. The number of benzene rings is 1. The predicted molar refractivity (Wildman–Crippen MR) is 72.8 cm³/mol. The maximum Gasteiger partial charge on any atom is 0.163 e. The van der Waals surface area contributed by atoms with Gasteiger partial charge >= 0.3 is 0 Å². The van der Waals surface area contributed by atoms with Gasteiger partial charge in [-0.25, -0.2) is 8.78 Å². The van der Waals surface area contributed by atoms with E-state index in [4.69, 9.17) is 5.73 Å². The summed E-state index contributed by atoms with van der Waals surface area (Å²) in [5.74, 6) is -1.62. The molecule has 2 N–H and O–H groups in total. The molecule has 2 rings (SSSR count). The lowest BCUT2D eigenvalue weighted by Crippen LogP contribution is -2.28. The molecular weight excluding hydrogens is 246 g/mol. The molecule has 0 bridgehead atoms. The van der Waals surface area contributed by atoms with E-state index in [-0.39, 0.29) is 5.56 Å².